The fourth-order valence-electron chi connectivity index (χ4n) is 4.90. The summed E-state index contributed by atoms with van der Waals surface area (Å²) in [4.78, 5) is 35.3. The minimum Gasteiger partial charge on any atom is -0.493 e. The van der Waals surface area contributed by atoms with Gasteiger partial charge in [-0.25, -0.2) is 4.79 Å². The molecule has 2 amide bonds. The molecule has 1 saturated heterocycles. The van der Waals surface area contributed by atoms with Gasteiger partial charge in [0.1, 0.15) is 18.0 Å². The van der Waals surface area contributed by atoms with Crippen LogP contribution in [0.1, 0.15) is 36.8 Å². The highest BCUT2D eigenvalue weighted by atomic mass is 35.5. The van der Waals surface area contributed by atoms with Gasteiger partial charge >= 0.3 is 6.09 Å². The third kappa shape index (κ3) is 6.20. The molecular formula is C29H34ClN5O6. The van der Waals surface area contributed by atoms with E-state index < -0.39 is 11.7 Å². The number of nitrogens with zero attached hydrogens (tertiary/aromatic N) is 2. The van der Waals surface area contributed by atoms with Gasteiger partial charge in [0.25, 0.3) is 5.91 Å². The van der Waals surface area contributed by atoms with Crippen molar-refractivity contribution in [3.8, 4) is 22.8 Å². The number of aromatic nitrogens is 2. The lowest BCUT2D eigenvalue weighted by atomic mass is 10.0. The van der Waals surface area contributed by atoms with Crippen molar-refractivity contribution < 1.29 is 28.5 Å². The largest absolute Gasteiger partial charge is 0.493 e. The zero-order chi connectivity index (χ0) is 29.1. The average molecular weight is 584 g/mol. The molecule has 3 aromatic rings. The van der Waals surface area contributed by atoms with Gasteiger partial charge < -0.3 is 34.6 Å². The number of morpholine rings is 1. The Morgan fingerprint density at radius 3 is 2.90 bits per heavy atom. The third-order valence-electron chi connectivity index (χ3n) is 6.74. The van der Waals surface area contributed by atoms with Crippen LogP contribution < -0.4 is 20.1 Å². The molecule has 5 rings (SSSR count). The van der Waals surface area contributed by atoms with Gasteiger partial charge in [0.15, 0.2) is 5.75 Å². The topological polar surface area (TPSA) is 127 Å². The number of halogens is 1. The first-order chi connectivity index (χ1) is 19.7. The van der Waals surface area contributed by atoms with E-state index in [0.717, 1.165) is 5.69 Å². The van der Waals surface area contributed by atoms with E-state index in [1.807, 2.05) is 32.9 Å². The van der Waals surface area contributed by atoms with Gasteiger partial charge in [-0.15, -0.1) is 0 Å². The molecule has 0 unspecified atom stereocenters. The molecule has 0 radical (unpaired) electrons. The van der Waals surface area contributed by atoms with Gasteiger partial charge in [-0.1, -0.05) is 17.7 Å². The molecule has 2 aromatic heterocycles. The number of nitrogens with one attached hydrogen (secondary N) is 3. The highest BCUT2D eigenvalue weighted by molar-refractivity contribution is 6.32. The maximum Gasteiger partial charge on any atom is 0.410 e. The Labute approximate surface area is 243 Å². The zero-order valence-electron chi connectivity index (χ0n) is 23.5. The maximum absolute atomic E-state index is 13.0. The summed E-state index contributed by atoms with van der Waals surface area (Å²) in [5.74, 6) is 0.737. The highest BCUT2D eigenvalue weighted by Crippen LogP contribution is 2.43. The summed E-state index contributed by atoms with van der Waals surface area (Å²) < 4.78 is 23.1. The molecular weight excluding hydrogens is 550 g/mol. The number of carbonyl (C=O) groups excluding carboxylic acids is 2. The fraction of sp³-hybridized carbons (Fsp3) is 0.414. The van der Waals surface area contributed by atoms with Crippen LogP contribution in [0.4, 0.5) is 16.2 Å². The number of fused-ring (bicyclic) bond motifs is 1. The highest BCUT2D eigenvalue weighted by Gasteiger charge is 2.33. The Bertz CT molecular complexity index is 1440. The number of methoxy groups -OCH3 is 1. The molecule has 41 heavy (non-hydrogen) atoms. The third-order valence-corrected chi connectivity index (χ3v) is 7.03. The molecule has 0 bridgehead atoms. The lowest BCUT2D eigenvalue weighted by Gasteiger charge is -2.36. The van der Waals surface area contributed by atoms with E-state index in [9.17, 15) is 9.59 Å². The van der Waals surface area contributed by atoms with Crippen molar-refractivity contribution in [1.29, 1.82) is 0 Å². The number of pyridine rings is 1. The van der Waals surface area contributed by atoms with Gasteiger partial charge in [-0.3, -0.25) is 14.7 Å². The average Bonchev–Trinajstić information content (AvgIpc) is 3.30. The minimum atomic E-state index is -0.620. The van der Waals surface area contributed by atoms with Crippen LogP contribution in [0.3, 0.4) is 0 Å². The zero-order valence-corrected chi connectivity index (χ0v) is 24.3. The quantitative estimate of drug-likeness (QED) is 0.363. The summed E-state index contributed by atoms with van der Waals surface area (Å²) in [6.07, 6.45) is 3.49. The molecule has 2 aliphatic heterocycles. The normalized spacial score (nSPS) is 17.0. The molecule has 0 saturated carbocycles. The molecule has 218 valence electrons. The Hall–Kier alpha value is -3.96. The lowest BCUT2D eigenvalue weighted by Crippen LogP contribution is -2.52. The molecule has 1 fully saturated rings. The molecule has 1 aromatic carbocycles. The predicted octanol–water partition coefficient (Wildman–Crippen LogP) is 4.78. The van der Waals surface area contributed by atoms with E-state index in [0.29, 0.717) is 77.4 Å². The van der Waals surface area contributed by atoms with Crippen molar-refractivity contribution in [3.05, 3.63) is 52.9 Å². The summed E-state index contributed by atoms with van der Waals surface area (Å²) in [7, 11) is 1.54. The Kier molecular flexibility index (Phi) is 8.27. The Balaban J connectivity index is 1.48. The van der Waals surface area contributed by atoms with E-state index in [1.54, 1.807) is 29.4 Å². The van der Waals surface area contributed by atoms with Crippen molar-refractivity contribution in [2.75, 3.05) is 45.3 Å². The number of ether oxygens (including phenoxy) is 4. The fourth-order valence-corrected chi connectivity index (χ4v) is 5.15. The maximum atomic E-state index is 13.0. The van der Waals surface area contributed by atoms with Gasteiger partial charge in [-0.05, 0) is 39.0 Å². The molecule has 1 atom stereocenters. The standard InChI is InChI=1S/C29H34ClN5O6/c1-29(2,3)41-28(37)35-12-13-39-15-17(35)16-40-22-14-31-10-8-18(22)24-25(23-20(33-24)9-11-32-27(23)36)34-21-7-5-6-19(30)26(21)38-4/h5-8,10,14,17,33-34H,9,11-13,15-16H2,1-4H3,(H,32,36)/t17-/m0/s1. The molecule has 3 N–H and O–H groups in total. The molecule has 0 aliphatic carbocycles. The number of hydrogen-bond acceptors (Lipinski definition) is 8. The monoisotopic (exact) mass is 583 g/mol. The van der Waals surface area contributed by atoms with Crippen LogP contribution in [-0.4, -0.2) is 78.5 Å². The van der Waals surface area contributed by atoms with Crippen LogP contribution in [0.25, 0.3) is 11.3 Å². The number of benzene rings is 1. The number of rotatable bonds is 7. The van der Waals surface area contributed by atoms with Crippen LogP contribution in [-0.2, 0) is 15.9 Å². The van der Waals surface area contributed by atoms with E-state index in [-0.39, 0.29) is 18.6 Å². The lowest BCUT2D eigenvalue weighted by molar-refractivity contribution is -0.0418. The Morgan fingerprint density at radius 2 is 2.12 bits per heavy atom. The second-order valence-corrected chi connectivity index (χ2v) is 11.2. The predicted molar refractivity (Wildman–Crippen MR) is 154 cm³/mol. The summed E-state index contributed by atoms with van der Waals surface area (Å²) in [6, 6.07) is 6.81. The molecule has 12 heteroatoms. The van der Waals surface area contributed by atoms with Gasteiger partial charge in [0, 0.05) is 37.0 Å². The van der Waals surface area contributed by atoms with Crippen molar-refractivity contribution in [1.82, 2.24) is 20.2 Å². The summed E-state index contributed by atoms with van der Waals surface area (Å²) in [5.41, 5.74) is 3.18. The number of para-hydroxylation sites is 1. The van der Waals surface area contributed by atoms with E-state index in [4.69, 9.17) is 30.5 Å². The van der Waals surface area contributed by atoms with Crippen molar-refractivity contribution in [2.45, 2.75) is 38.8 Å². The van der Waals surface area contributed by atoms with Crippen molar-refractivity contribution >= 4 is 35.0 Å². The SMILES string of the molecule is COc1c(Cl)cccc1Nc1c(-c2ccncc2OC[C@@H]2COCCN2C(=O)OC(C)(C)C)[nH]c2c1C(=O)NCC2. The van der Waals surface area contributed by atoms with Crippen molar-refractivity contribution in [2.24, 2.45) is 0 Å². The van der Waals surface area contributed by atoms with Gasteiger partial charge in [0.05, 0.1) is 60.2 Å². The smallest absolute Gasteiger partial charge is 0.410 e. The van der Waals surface area contributed by atoms with Crippen LogP contribution in [0, 0.1) is 0 Å². The molecule has 4 heterocycles. The van der Waals surface area contributed by atoms with Crippen molar-refractivity contribution in [3.63, 3.8) is 0 Å². The summed E-state index contributed by atoms with van der Waals surface area (Å²) in [6.45, 7) is 7.31. The number of aromatic amines is 1. The van der Waals surface area contributed by atoms with Crippen LogP contribution >= 0.6 is 11.6 Å². The summed E-state index contributed by atoms with van der Waals surface area (Å²) in [5, 5.41) is 6.74. The van der Waals surface area contributed by atoms with Gasteiger partial charge in [-0.2, -0.15) is 0 Å². The number of carbonyl (C=O) groups is 2. The van der Waals surface area contributed by atoms with Crippen LogP contribution in [0.5, 0.6) is 11.5 Å². The molecule has 11 nitrogen and oxygen atoms in total. The second-order valence-electron chi connectivity index (χ2n) is 10.8. The van der Waals surface area contributed by atoms with Crippen LogP contribution in [0.2, 0.25) is 5.02 Å². The van der Waals surface area contributed by atoms with E-state index >= 15 is 0 Å². The first-order valence-corrected chi connectivity index (χ1v) is 13.8. The molecule has 2 aliphatic rings. The second kappa shape index (κ2) is 11.9. The number of anilines is 2. The van der Waals surface area contributed by atoms with Gasteiger partial charge in [0.2, 0.25) is 0 Å². The first-order valence-electron chi connectivity index (χ1n) is 13.4. The first kappa shape index (κ1) is 28.6. The summed E-state index contributed by atoms with van der Waals surface area (Å²) >= 11 is 6.38. The Morgan fingerprint density at radius 1 is 1.29 bits per heavy atom. The van der Waals surface area contributed by atoms with E-state index in [1.165, 1.54) is 7.11 Å². The van der Waals surface area contributed by atoms with Crippen LogP contribution in [0.15, 0.2) is 36.7 Å². The number of H-pyrrole nitrogens is 1. The minimum absolute atomic E-state index is 0.156. The van der Waals surface area contributed by atoms with E-state index in [2.05, 4.69) is 20.6 Å². The number of hydrogen-bond donors (Lipinski definition) is 3. The number of amides is 2. The molecule has 0 spiro atoms.